The summed E-state index contributed by atoms with van der Waals surface area (Å²) < 4.78 is 102. The van der Waals surface area contributed by atoms with E-state index in [9.17, 15) is 0 Å². The second kappa shape index (κ2) is 45.7. The quantitative estimate of drug-likeness (QED) is 0.126. The van der Waals surface area contributed by atoms with Crippen LogP contribution in [0.4, 0.5) is 0 Å². The first-order chi connectivity index (χ1) is 6.00. The van der Waals surface area contributed by atoms with E-state index in [1.807, 2.05) is 0 Å². The molecule has 0 aromatic heterocycles. The topological polar surface area (TPSA) is 493 Å². The van der Waals surface area contributed by atoms with Gasteiger partial charge in [-0.3, -0.25) is 25.3 Å². The van der Waals surface area contributed by atoms with Crippen molar-refractivity contribution in [2.24, 2.45) is 0 Å². The monoisotopic (exact) mass is 774 g/mol. The van der Waals surface area contributed by atoms with Crippen molar-refractivity contribution in [3.8, 4) is 0 Å². The maximum absolute atomic E-state index is 8.52. The smallest absolute Gasteiger partial charge is 0.759 e. The first-order valence-electron chi connectivity index (χ1n) is 2.00. The Morgan fingerprint density at radius 3 is 0.308 bits per heavy atom. The zero-order valence-electron chi connectivity index (χ0n) is 12.2. The van der Waals surface area contributed by atoms with Gasteiger partial charge in [-0.25, -0.2) is 0 Å². The molecule has 26 heteroatoms. The molecule has 0 amide bonds. The van der Waals surface area contributed by atoms with Crippen LogP contribution in [0.15, 0.2) is 0 Å². The van der Waals surface area contributed by atoms with Crippen LogP contribution in [0.5, 0.6) is 0 Å². The molecule has 0 rings (SSSR count). The molecule has 0 aliphatic heterocycles. The second-order valence-corrected chi connectivity index (χ2v) is 3.67. The van der Waals surface area contributed by atoms with E-state index in [4.69, 9.17) is 52.6 Å². The second-order valence-electron chi connectivity index (χ2n) is 1.22. The summed E-state index contributed by atoms with van der Waals surface area (Å²) >= 11 is 0. The molecule has 0 radical (unpaired) electrons. The predicted molar refractivity (Wildman–Crippen MR) is 60.3 cm³/mol. The van der Waals surface area contributed by atoms with Crippen LogP contribution in [0, 0.1) is 0 Å². The Balaban J connectivity index is -0.00000000571. The molecule has 0 saturated carbocycles. The minimum absolute atomic E-state index is 0. The Hall–Kier alpha value is 2.06. The first kappa shape index (κ1) is 104. The molecule has 0 bridgehead atoms. The summed E-state index contributed by atoms with van der Waals surface area (Å²) in [6.07, 6.45) is 0. The first-order valence-corrected chi connectivity index (χ1v) is 6.00. The summed E-state index contributed by atoms with van der Waals surface area (Å²) in [5, 5.41) is 0. The summed E-state index contributed by atoms with van der Waals surface area (Å²) in [6, 6.07) is 0. The fourth-order valence-corrected chi connectivity index (χ4v) is 0. The van der Waals surface area contributed by atoms with E-state index in [-0.39, 0.29) is 126 Å². The van der Waals surface area contributed by atoms with Gasteiger partial charge in [-0.05, 0) is 0 Å². The molecule has 0 unspecified atom stereocenters. The van der Waals surface area contributed by atoms with E-state index in [2.05, 4.69) is 0 Å². The molecule has 0 spiro atoms. The molecule has 0 aliphatic carbocycles. The van der Waals surface area contributed by atoms with Crippen LogP contribution >= 0.6 is 0 Å². The van der Waals surface area contributed by atoms with Crippen molar-refractivity contribution in [2.45, 2.75) is 0 Å². The average molecular weight is 770 g/mol. The Morgan fingerprint density at radius 1 is 0.308 bits per heavy atom. The van der Waals surface area contributed by atoms with Crippen LogP contribution in [-0.2, 0) is 113 Å². The van der Waals surface area contributed by atoms with Gasteiger partial charge in [-0.2, -0.15) is 0 Å². The van der Waals surface area contributed by atoms with Crippen LogP contribution in [-0.4, -0.2) is 96.4 Å². The van der Waals surface area contributed by atoms with Crippen molar-refractivity contribution in [3.63, 3.8) is 0 Å². The Bertz CT molecular complexity index is 347. The van der Waals surface area contributed by atoms with Gasteiger partial charge >= 0.3 is 81.9 Å². The van der Waals surface area contributed by atoms with Gasteiger partial charge in [-0.15, -0.1) is 0 Å². The van der Waals surface area contributed by atoms with Crippen molar-refractivity contribution in [1.29, 1.82) is 0 Å². The molecule has 0 aliphatic rings. The summed E-state index contributed by atoms with van der Waals surface area (Å²) in [5.41, 5.74) is 0. The minimum atomic E-state index is -5.17. The van der Waals surface area contributed by atoms with Crippen molar-refractivity contribution < 1.29 is 178 Å². The zero-order valence-corrected chi connectivity index (χ0v) is 26.8. The molecule has 0 heterocycles. The third kappa shape index (κ3) is 3870. The number of hydrogen-bond acceptors (Lipinski definition) is 12. The predicted octanol–water partition coefficient (Wildman–Crippen LogP) is -10.6. The molecule has 0 atom stereocenters. The number of rotatable bonds is 0. The van der Waals surface area contributed by atoms with E-state index < -0.39 is 31.2 Å². The molecule has 16 N–H and O–H groups in total. The maximum atomic E-state index is 8.52. The Morgan fingerprint density at radius 2 is 0.308 bits per heavy atom. The van der Waals surface area contributed by atoms with Gasteiger partial charge in [-0.1, -0.05) is 0 Å². The molecule has 160 valence electrons. The number of hydrogen-bond donors (Lipinski definition) is 0. The summed E-state index contributed by atoms with van der Waals surface area (Å²) in [6.45, 7) is 0. The van der Waals surface area contributed by atoms with Crippen LogP contribution in [0.25, 0.3) is 0 Å². The largest absolute Gasteiger partial charge is 2.00 e. The van der Waals surface area contributed by atoms with E-state index in [0.717, 1.165) is 0 Å². The van der Waals surface area contributed by atoms with Gasteiger partial charge in [0, 0.05) is 31.2 Å². The molecule has 26 heavy (non-hydrogen) atoms. The van der Waals surface area contributed by atoms with E-state index in [1.165, 1.54) is 0 Å². The molecule has 0 aromatic rings. The van der Waals surface area contributed by atoms with Crippen molar-refractivity contribution in [3.05, 3.63) is 0 Å². The minimum Gasteiger partial charge on any atom is -0.759 e. The normalized spacial score (nSPS) is 6.69. The third-order valence-corrected chi connectivity index (χ3v) is 0. The van der Waals surface area contributed by atoms with E-state index in [0.29, 0.717) is 0 Å². The van der Waals surface area contributed by atoms with Crippen molar-refractivity contribution in [1.82, 2.24) is 0 Å². The molecule has 0 fully saturated rings. The summed E-state index contributed by atoms with van der Waals surface area (Å²) in [4.78, 5) is 0. The van der Waals surface area contributed by atoms with E-state index >= 15 is 0 Å². The van der Waals surface area contributed by atoms with Crippen molar-refractivity contribution in [2.75, 3.05) is 0 Å². The molecule has 0 aromatic carbocycles. The van der Waals surface area contributed by atoms with Crippen LogP contribution in [0.2, 0.25) is 0 Å². The maximum Gasteiger partial charge on any atom is 2.00 e. The van der Waals surface area contributed by atoms with Gasteiger partial charge in [0.15, 0.2) is 0 Å². The third-order valence-electron chi connectivity index (χ3n) is 0. The summed E-state index contributed by atoms with van der Waals surface area (Å²) in [7, 11) is -15.5. The van der Waals surface area contributed by atoms with Gasteiger partial charge in [0.25, 0.3) is 0 Å². The molecular formula is H16Cd3O20S3. The van der Waals surface area contributed by atoms with Crippen LogP contribution in [0.3, 0.4) is 0 Å². The zero-order chi connectivity index (χ0) is 13.5. The Kier molecular flexibility index (Phi) is 183. The van der Waals surface area contributed by atoms with Gasteiger partial charge < -0.3 is 71.1 Å². The molecule has 20 nitrogen and oxygen atoms in total. The fraction of sp³-hybridized carbons (Fsp3) is 0. The average Bonchev–Trinajstić information content (AvgIpc) is 1.41. The molecule has 0 saturated heterocycles. The van der Waals surface area contributed by atoms with E-state index in [1.54, 1.807) is 0 Å². The Labute approximate surface area is 207 Å². The molecular weight excluding hydrogens is 753 g/mol. The standard InChI is InChI=1S/3Cd.3H2O4S.8H2O/c;;;3*1-5(2,3)4;;;;;;;;/h;;;3*(H2,1,2,3,4);8*1H2/q3*+2;;;;;;;;;;;/p-6. The summed E-state index contributed by atoms with van der Waals surface area (Å²) in [5.74, 6) is 0. The van der Waals surface area contributed by atoms with Gasteiger partial charge in [0.05, 0.1) is 0 Å². The van der Waals surface area contributed by atoms with Crippen LogP contribution < -0.4 is 0 Å². The van der Waals surface area contributed by atoms with Crippen molar-refractivity contribution >= 4 is 31.2 Å². The van der Waals surface area contributed by atoms with Crippen LogP contribution in [0.1, 0.15) is 0 Å². The van der Waals surface area contributed by atoms with Gasteiger partial charge in [0.1, 0.15) is 0 Å². The fourth-order valence-electron chi connectivity index (χ4n) is 0. The SMILES string of the molecule is O.O.O.O.O.O.O.O.O=S(=O)([O-])[O-].O=S(=O)([O-])[O-].O=S(=O)([O-])[O-].[Cd+2].[Cd+2].[Cd+2]. The van der Waals surface area contributed by atoms with Gasteiger partial charge in [0.2, 0.25) is 0 Å².